The number of benzene rings is 1. The van der Waals surface area contributed by atoms with E-state index in [4.69, 9.17) is 4.74 Å². The van der Waals surface area contributed by atoms with E-state index < -0.39 is 0 Å². The van der Waals surface area contributed by atoms with Crippen molar-refractivity contribution in [1.82, 2.24) is 0 Å². The number of rotatable bonds is 4. The lowest BCUT2D eigenvalue weighted by Gasteiger charge is -2.28. The minimum Gasteiger partial charge on any atom is -0.496 e. The standard InChI is InChI=1S/C13H18BrFO/c1-9(14)8-13(2,3)11-7-10(15)5-6-12(11)16-4/h5-7,9H,8H2,1-4H3. The van der Waals surface area contributed by atoms with Crippen molar-refractivity contribution in [3.8, 4) is 5.75 Å². The number of hydrogen-bond donors (Lipinski definition) is 0. The number of halogens is 2. The van der Waals surface area contributed by atoms with Crippen molar-refractivity contribution in [2.45, 2.75) is 37.4 Å². The summed E-state index contributed by atoms with van der Waals surface area (Å²) in [7, 11) is 1.62. The van der Waals surface area contributed by atoms with Gasteiger partial charge in [0.2, 0.25) is 0 Å². The van der Waals surface area contributed by atoms with Gasteiger partial charge >= 0.3 is 0 Å². The summed E-state index contributed by atoms with van der Waals surface area (Å²) in [5.74, 6) is 0.533. The predicted octanol–water partition coefficient (Wildman–Crippen LogP) is 4.29. The van der Waals surface area contributed by atoms with Crippen molar-refractivity contribution < 1.29 is 9.13 Å². The first kappa shape index (κ1) is 13.5. The summed E-state index contributed by atoms with van der Waals surface area (Å²) in [5.41, 5.74) is 0.803. The van der Waals surface area contributed by atoms with E-state index in [2.05, 4.69) is 36.7 Å². The van der Waals surface area contributed by atoms with Gasteiger partial charge in [-0.15, -0.1) is 0 Å². The average molecular weight is 289 g/mol. The molecule has 0 aromatic heterocycles. The van der Waals surface area contributed by atoms with Gasteiger partial charge in [-0.2, -0.15) is 0 Å². The van der Waals surface area contributed by atoms with E-state index >= 15 is 0 Å². The fourth-order valence-electron chi connectivity index (χ4n) is 2.02. The number of methoxy groups -OCH3 is 1. The molecule has 0 aliphatic rings. The smallest absolute Gasteiger partial charge is 0.123 e. The third-order valence-electron chi connectivity index (χ3n) is 2.68. The van der Waals surface area contributed by atoms with Crippen molar-refractivity contribution in [3.63, 3.8) is 0 Å². The molecule has 1 nitrogen and oxygen atoms in total. The van der Waals surface area contributed by atoms with Gasteiger partial charge in [0.05, 0.1) is 7.11 Å². The van der Waals surface area contributed by atoms with Gasteiger partial charge in [0.15, 0.2) is 0 Å². The molecule has 0 bridgehead atoms. The Balaban J connectivity index is 3.14. The summed E-state index contributed by atoms with van der Waals surface area (Å²) in [5, 5.41) is 0. The summed E-state index contributed by atoms with van der Waals surface area (Å²) >= 11 is 3.54. The first-order chi connectivity index (χ1) is 7.36. The summed E-state index contributed by atoms with van der Waals surface area (Å²) in [4.78, 5) is 0.385. The molecule has 1 rings (SSSR count). The molecule has 0 aliphatic carbocycles. The summed E-state index contributed by atoms with van der Waals surface area (Å²) in [6.45, 7) is 6.29. The third-order valence-corrected chi connectivity index (χ3v) is 3.01. The Kier molecular flexibility index (Phi) is 4.36. The molecule has 0 fully saturated rings. The second-order valence-electron chi connectivity index (χ2n) is 4.71. The zero-order chi connectivity index (χ0) is 12.3. The van der Waals surface area contributed by atoms with Crippen molar-refractivity contribution in [2.75, 3.05) is 7.11 Å². The van der Waals surface area contributed by atoms with Crippen molar-refractivity contribution in [3.05, 3.63) is 29.6 Å². The van der Waals surface area contributed by atoms with E-state index in [0.29, 0.717) is 4.83 Å². The van der Waals surface area contributed by atoms with Gasteiger partial charge in [0, 0.05) is 10.4 Å². The first-order valence-corrected chi connectivity index (χ1v) is 6.26. The molecule has 16 heavy (non-hydrogen) atoms. The van der Waals surface area contributed by atoms with Crippen molar-refractivity contribution >= 4 is 15.9 Å². The van der Waals surface area contributed by atoms with Crippen LogP contribution in [-0.4, -0.2) is 11.9 Å². The van der Waals surface area contributed by atoms with E-state index in [-0.39, 0.29) is 11.2 Å². The Morgan fingerprint density at radius 2 is 2.06 bits per heavy atom. The highest BCUT2D eigenvalue weighted by molar-refractivity contribution is 9.09. The number of alkyl halides is 1. The molecule has 0 radical (unpaired) electrons. The fourth-order valence-corrected chi connectivity index (χ4v) is 2.83. The van der Waals surface area contributed by atoms with Crippen LogP contribution in [0.1, 0.15) is 32.8 Å². The molecule has 0 spiro atoms. The van der Waals surface area contributed by atoms with Gasteiger partial charge in [-0.3, -0.25) is 0 Å². The quantitative estimate of drug-likeness (QED) is 0.751. The second kappa shape index (κ2) is 5.17. The van der Waals surface area contributed by atoms with Gasteiger partial charge in [-0.25, -0.2) is 4.39 Å². The minimum absolute atomic E-state index is 0.115. The minimum atomic E-state index is -0.217. The molecule has 0 saturated carbocycles. The van der Waals surface area contributed by atoms with Crippen LogP contribution in [0.2, 0.25) is 0 Å². The zero-order valence-corrected chi connectivity index (χ0v) is 11.8. The van der Waals surface area contributed by atoms with Crippen LogP contribution in [0, 0.1) is 5.82 Å². The Morgan fingerprint density at radius 1 is 1.44 bits per heavy atom. The van der Waals surface area contributed by atoms with Crippen LogP contribution in [0.4, 0.5) is 4.39 Å². The summed E-state index contributed by atoms with van der Waals surface area (Å²) in [6.07, 6.45) is 0.923. The summed E-state index contributed by atoms with van der Waals surface area (Å²) < 4.78 is 18.6. The third kappa shape index (κ3) is 3.21. The maximum atomic E-state index is 13.3. The molecule has 0 saturated heterocycles. The Hall–Kier alpha value is -0.570. The lowest BCUT2D eigenvalue weighted by Crippen LogP contribution is -2.21. The van der Waals surface area contributed by atoms with Crippen LogP contribution in [0.5, 0.6) is 5.75 Å². The topological polar surface area (TPSA) is 9.23 Å². The monoisotopic (exact) mass is 288 g/mol. The molecular formula is C13H18BrFO. The van der Waals surface area contributed by atoms with Crippen LogP contribution in [0.25, 0.3) is 0 Å². The Morgan fingerprint density at radius 3 is 2.56 bits per heavy atom. The number of ether oxygens (including phenoxy) is 1. The van der Waals surface area contributed by atoms with Crippen LogP contribution in [0.15, 0.2) is 18.2 Å². The normalized spacial score (nSPS) is 13.6. The predicted molar refractivity (Wildman–Crippen MR) is 69.0 cm³/mol. The van der Waals surface area contributed by atoms with Gasteiger partial charge in [-0.1, -0.05) is 36.7 Å². The van der Waals surface area contributed by atoms with Gasteiger partial charge in [0.1, 0.15) is 11.6 Å². The molecule has 1 aromatic carbocycles. The highest BCUT2D eigenvalue weighted by Crippen LogP contribution is 2.36. The van der Waals surface area contributed by atoms with Crippen LogP contribution < -0.4 is 4.74 Å². The van der Waals surface area contributed by atoms with Gasteiger partial charge < -0.3 is 4.74 Å². The highest BCUT2D eigenvalue weighted by atomic mass is 79.9. The maximum absolute atomic E-state index is 13.3. The first-order valence-electron chi connectivity index (χ1n) is 5.35. The molecule has 1 unspecified atom stereocenters. The highest BCUT2D eigenvalue weighted by Gasteiger charge is 2.26. The molecule has 3 heteroatoms. The Bertz CT molecular complexity index is 361. The lowest BCUT2D eigenvalue weighted by atomic mass is 9.80. The largest absolute Gasteiger partial charge is 0.496 e. The molecule has 1 atom stereocenters. The molecular weight excluding hydrogens is 271 g/mol. The fraction of sp³-hybridized carbons (Fsp3) is 0.538. The van der Waals surface area contributed by atoms with Crippen molar-refractivity contribution in [2.24, 2.45) is 0 Å². The summed E-state index contributed by atoms with van der Waals surface area (Å²) in [6, 6.07) is 4.68. The molecule has 0 aliphatic heterocycles. The van der Waals surface area contributed by atoms with Crippen LogP contribution >= 0.6 is 15.9 Å². The lowest BCUT2D eigenvalue weighted by molar-refractivity contribution is 0.383. The van der Waals surface area contributed by atoms with Gasteiger partial charge in [0.25, 0.3) is 0 Å². The number of hydrogen-bond acceptors (Lipinski definition) is 1. The molecule has 0 heterocycles. The molecule has 0 N–H and O–H groups in total. The second-order valence-corrected chi connectivity index (χ2v) is 6.28. The zero-order valence-electron chi connectivity index (χ0n) is 10.2. The molecule has 90 valence electrons. The van der Waals surface area contributed by atoms with E-state index in [9.17, 15) is 4.39 Å². The van der Waals surface area contributed by atoms with E-state index in [1.165, 1.54) is 6.07 Å². The van der Waals surface area contributed by atoms with E-state index in [0.717, 1.165) is 17.7 Å². The Labute approximate surface area is 105 Å². The SMILES string of the molecule is COc1ccc(F)cc1C(C)(C)CC(C)Br. The van der Waals surface area contributed by atoms with Crippen LogP contribution in [-0.2, 0) is 5.41 Å². The molecule has 1 aromatic rings. The average Bonchev–Trinajstić information content (AvgIpc) is 2.15. The van der Waals surface area contributed by atoms with Crippen LogP contribution in [0.3, 0.4) is 0 Å². The van der Waals surface area contributed by atoms with E-state index in [1.807, 2.05) is 0 Å². The van der Waals surface area contributed by atoms with Crippen molar-refractivity contribution in [1.29, 1.82) is 0 Å². The molecule has 0 amide bonds. The van der Waals surface area contributed by atoms with E-state index in [1.54, 1.807) is 19.2 Å². The maximum Gasteiger partial charge on any atom is 0.123 e. The van der Waals surface area contributed by atoms with Gasteiger partial charge in [-0.05, 0) is 30.0 Å².